The molecule has 0 heterocycles. The second-order valence-corrected chi connectivity index (χ2v) is 8.83. The lowest BCUT2D eigenvalue weighted by atomic mass is 10.3. The lowest BCUT2D eigenvalue weighted by Crippen LogP contribution is -2.58. The average Bonchev–Trinajstić information content (AvgIpc) is 2.62. The SMILES string of the molecule is C=CC(=O)OC(C)[Si](CC)(Oc1ccccc1)Oc1ccccc1. The summed E-state index contributed by atoms with van der Waals surface area (Å²) in [7, 11) is -2.92. The van der Waals surface area contributed by atoms with Crippen LogP contribution in [0.5, 0.6) is 11.5 Å². The molecule has 0 radical (unpaired) electrons. The van der Waals surface area contributed by atoms with Gasteiger partial charge in [-0.05, 0) is 31.2 Å². The molecule has 5 heteroatoms. The number of carbonyl (C=O) groups is 1. The van der Waals surface area contributed by atoms with Gasteiger partial charge in [0.1, 0.15) is 11.5 Å². The average molecular weight is 342 g/mol. The second-order valence-electron chi connectivity index (χ2n) is 5.28. The monoisotopic (exact) mass is 342 g/mol. The topological polar surface area (TPSA) is 44.8 Å². The summed E-state index contributed by atoms with van der Waals surface area (Å²) in [4.78, 5) is 11.7. The maximum absolute atomic E-state index is 11.7. The van der Waals surface area contributed by atoms with E-state index in [9.17, 15) is 4.79 Å². The van der Waals surface area contributed by atoms with Crippen molar-refractivity contribution in [3.05, 3.63) is 73.3 Å². The van der Waals surface area contributed by atoms with Gasteiger partial charge in [0.15, 0.2) is 5.73 Å². The zero-order chi connectivity index (χ0) is 17.4. The first-order valence-electron chi connectivity index (χ1n) is 7.91. The summed E-state index contributed by atoms with van der Waals surface area (Å²) in [6.45, 7) is 7.24. The molecule has 2 rings (SSSR count). The summed E-state index contributed by atoms with van der Waals surface area (Å²) in [5, 5.41) is 0. The van der Waals surface area contributed by atoms with Gasteiger partial charge in [-0.3, -0.25) is 0 Å². The molecule has 0 bridgehead atoms. The Morgan fingerprint density at radius 1 is 1.04 bits per heavy atom. The summed E-state index contributed by atoms with van der Waals surface area (Å²) in [5.41, 5.74) is -0.506. The molecule has 24 heavy (non-hydrogen) atoms. The van der Waals surface area contributed by atoms with Crippen molar-refractivity contribution in [2.75, 3.05) is 0 Å². The van der Waals surface area contributed by atoms with Crippen LogP contribution in [-0.2, 0) is 9.53 Å². The van der Waals surface area contributed by atoms with Crippen LogP contribution in [-0.4, -0.2) is 20.3 Å². The third kappa shape index (κ3) is 4.49. The van der Waals surface area contributed by atoms with Crippen molar-refractivity contribution in [1.82, 2.24) is 0 Å². The number of rotatable bonds is 8. The Bertz CT molecular complexity index is 616. The van der Waals surface area contributed by atoms with Crippen LogP contribution in [0.15, 0.2) is 73.3 Å². The molecule has 0 saturated heterocycles. The van der Waals surface area contributed by atoms with Crippen molar-refractivity contribution in [3.8, 4) is 11.5 Å². The predicted octanol–water partition coefficient (Wildman–Crippen LogP) is 4.26. The van der Waals surface area contributed by atoms with Gasteiger partial charge >= 0.3 is 14.5 Å². The third-order valence-corrected chi connectivity index (χ3v) is 7.14. The number of benzene rings is 2. The van der Waals surface area contributed by atoms with Crippen molar-refractivity contribution in [1.29, 1.82) is 0 Å². The minimum absolute atomic E-state index is 0.485. The number of hydrogen-bond acceptors (Lipinski definition) is 4. The number of para-hydroxylation sites is 2. The van der Waals surface area contributed by atoms with E-state index in [1.165, 1.54) is 0 Å². The molecular weight excluding hydrogens is 320 g/mol. The Balaban J connectivity index is 2.33. The first kappa shape index (κ1) is 17.8. The van der Waals surface area contributed by atoms with Crippen molar-refractivity contribution in [3.63, 3.8) is 0 Å². The van der Waals surface area contributed by atoms with E-state index in [0.29, 0.717) is 17.5 Å². The van der Waals surface area contributed by atoms with Gasteiger partial charge in [-0.25, -0.2) is 4.79 Å². The van der Waals surface area contributed by atoms with Crippen LogP contribution in [0.25, 0.3) is 0 Å². The summed E-state index contributed by atoms with van der Waals surface area (Å²) in [6, 6.07) is 19.5. The molecule has 0 N–H and O–H groups in total. The van der Waals surface area contributed by atoms with Crippen LogP contribution < -0.4 is 8.85 Å². The fourth-order valence-corrected chi connectivity index (χ4v) is 4.91. The lowest BCUT2D eigenvalue weighted by molar-refractivity contribution is -0.140. The van der Waals surface area contributed by atoms with Crippen LogP contribution in [0, 0.1) is 0 Å². The summed E-state index contributed by atoms with van der Waals surface area (Å²) >= 11 is 0. The van der Waals surface area contributed by atoms with Crippen LogP contribution in [0.2, 0.25) is 6.04 Å². The van der Waals surface area contributed by atoms with E-state index in [1.54, 1.807) is 0 Å². The Morgan fingerprint density at radius 2 is 1.50 bits per heavy atom. The molecule has 0 aliphatic rings. The third-order valence-electron chi connectivity index (χ3n) is 3.64. The molecule has 126 valence electrons. The van der Waals surface area contributed by atoms with Gasteiger partial charge in [0, 0.05) is 12.1 Å². The van der Waals surface area contributed by atoms with Crippen molar-refractivity contribution in [2.24, 2.45) is 0 Å². The molecule has 2 aromatic rings. The number of carbonyl (C=O) groups excluding carboxylic acids is 1. The molecule has 1 unspecified atom stereocenters. The van der Waals surface area contributed by atoms with Crippen LogP contribution >= 0.6 is 0 Å². The van der Waals surface area contributed by atoms with Gasteiger partial charge < -0.3 is 13.6 Å². The molecule has 0 aromatic heterocycles. The Hall–Kier alpha value is -2.53. The second kappa shape index (κ2) is 8.36. The Morgan fingerprint density at radius 3 is 1.88 bits per heavy atom. The summed E-state index contributed by atoms with van der Waals surface area (Å²) in [5.74, 6) is 0.910. The number of esters is 1. The van der Waals surface area contributed by atoms with Gasteiger partial charge in [0.2, 0.25) is 0 Å². The van der Waals surface area contributed by atoms with Gasteiger partial charge in [-0.2, -0.15) is 0 Å². The summed E-state index contributed by atoms with van der Waals surface area (Å²) < 4.78 is 18.0. The normalized spacial score (nSPS) is 12.1. The van der Waals surface area contributed by atoms with E-state index >= 15 is 0 Å². The maximum Gasteiger partial charge on any atom is 0.502 e. The molecule has 0 aliphatic carbocycles. The van der Waals surface area contributed by atoms with Crippen molar-refractivity contribution in [2.45, 2.75) is 25.6 Å². The van der Waals surface area contributed by atoms with E-state index in [2.05, 4.69) is 6.58 Å². The van der Waals surface area contributed by atoms with Crippen molar-refractivity contribution >= 4 is 14.5 Å². The fraction of sp³-hybridized carbons (Fsp3) is 0.211. The van der Waals surface area contributed by atoms with Gasteiger partial charge in [-0.15, -0.1) is 0 Å². The van der Waals surface area contributed by atoms with Crippen LogP contribution in [0.1, 0.15) is 13.8 Å². The Labute approximate surface area is 143 Å². The highest BCUT2D eigenvalue weighted by atomic mass is 28.4. The lowest BCUT2D eigenvalue weighted by Gasteiger charge is -2.34. The largest absolute Gasteiger partial charge is 0.510 e. The van der Waals surface area contributed by atoms with E-state index in [0.717, 1.165) is 6.08 Å². The fourth-order valence-electron chi connectivity index (χ4n) is 2.31. The smallest absolute Gasteiger partial charge is 0.502 e. The summed E-state index contributed by atoms with van der Waals surface area (Å²) in [6.07, 6.45) is 1.15. The highest BCUT2D eigenvalue weighted by Gasteiger charge is 2.49. The maximum atomic E-state index is 11.7. The molecule has 1 atom stereocenters. The number of ether oxygens (including phenoxy) is 1. The zero-order valence-electron chi connectivity index (χ0n) is 14.0. The minimum atomic E-state index is -2.92. The predicted molar refractivity (Wildman–Crippen MR) is 96.1 cm³/mol. The first-order valence-corrected chi connectivity index (χ1v) is 10.0. The molecule has 0 fully saturated rings. The van der Waals surface area contributed by atoms with Gasteiger partial charge in [0.25, 0.3) is 0 Å². The van der Waals surface area contributed by atoms with Gasteiger partial charge in [0.05, 0.1) is 0 Å². The van der Waals surface area contributed by atoms with Crippen LogP contribution in [0.4, 0.5) is 0 Å². The zero-order valence-corrected chi connectivity index (χ0v) is 15.0. The van der Waals surface area contributed by atoms with Crippen molar-refractivity contribution < 1.29 is 18.4 Å². The van der Waals surface area contributed by atoms with Gasteiger partial charge in [-0.1, -0.05) is 49.9 Å². The van der Waals surface area contributed by atoms with E-state index < -0.39 is 20.3 Å². The van der Waals surface area contributed by atoms with E-state index in [4.69, 9.17) is 13.6 Å². The van der Waals surface area contributed by atoms with Crippen LogP contribution in [0.3, 0.4) is 0 Å². The molecule has 4 nitrogen and oxygen atoms in total. The Kier molecular flexibility index (Phi) is 6.20. The van der Waals surface area contributed by atoms with E-state index in [1.807, 2.05) is 74.5 Å². The molecule has 2 aromatic carbocycles. The first-order chi connectivity index (χ1) is 11.6. The van der Waals surface area contributed by atoms with E-state index in [-0.39, 0.29) is 0 Å². The quantitative estimate of drug-likeness (QED) is 0.408. The highest BCUT2D eigenvalue weighted by Crippen LogP contribution is 2.27. The minimum Gasteiger partial charge on any atom is -0.510 e. The highest BCUT2D eigenvalue weighted by molar-refractivity contribution is 6.70. The molecule has 0 saturated carbocycles. The molecular formula is C19H22O4Si. The number of hydrogen-bond donors (Lipinski definition) is 0. The molecule has 0 aliphatic heterocycles. The molecule has 0 spiro atoms. The standard InChI is InChI=1S/C19H22O4Si/c1-4-19(20)21-16(3)24(5-2,22-17-12-8-6-9-13-17)23-18-14-10-7-11-15-18/h4,6-16H,1,5H2,2-3H3. The molecule has 0 amide bonds.